The molecule has 1 fully saturated rings. The summed E-state index contributed by atoms with van der Waals surface area (Å²) in [4.78, 5) is 41.8. The third kappa shape index (κ3) is 4.57. The van der Waals surface area contributed by atoms with Crippen molar-refractivity contribution in [3.63, 3.8) is 0 Å². The molecule has 0 spiro atoms. The Kier molecular flexibility index (Phi) is 5.47. The first-order valence-electron chi connectivity index (χ1n) is 8.40. The number of morpholine rings is 1. The molecule has 3 amide bonds. The normalized spacial score (nSPS) is 20.0. The summed E-state index contributed by atoms with van der Waals surface area (Å²) in [5.74, 6) is -0.328. The van der Waals surface area contributed by atoms with E-state index in [4.69, 9.17) is 4.74 Å². The molecule has 3 rings (SSSR count). The number of rotatable bonds is 3. The van der Waals surface area contributed by atoms with E-state index < -0.39 is 6.04 Å². The molecule has 0 aliphatic carbocycles. The summed E-state index contributed by atoms with van der Waals surface area (Å²) in [5.41, 5.74) is 1.21. The molecule has 1 atom stereocenters. The van der Waals surface area contributed by atoms with E-state index >= 15 is 0 Å². The van der Waals surface area contributed by atoms with Crippen molar-refractivity contribution in [1.29, 1.82) is 0 Å². The van der Waals surface area contributed by atoms with E-state index in [1.807, 2.05) is 4.90 Å². The number of carbonyl (C=O) groups is 3. The highest BCUT2D eigenvalue weighted by atomic mass is 16.5. The molecule has 0 aromatic heterocycles. The average molecular weight is 359 g/mol. The molecule has 1 aromatic rings. The smallest absolute Gasteiger partial charge is 0.249 e. The van der Waals surface area contributed by atoms with Gasteiger partial charge in [-0.25, -0.2) is 4.99 Å². The van der Waals surface area contributed by atoms with E-state index in [2.05, 4.69) is 20.9 Å². The van der Waals surface area contributed by atoms with Gasteiger partial charge in [0, 0.05) is 31.4 Å². The topological polar surface area (TPSA) is 112 Å². The summed E-state index contributed by atoms with van der Waals surface area (Å²) in [7, 11) is 0. The van der Waals surface area contributed by atoms with Crippen molar-refractivity contribution in [2.45, 2.75) is 19.4 Å². The second-order valence-corrected chi connectivity index (χ2v) is 6.07. The molecule has 1 saturated heterocycles. The number of anilines is 2. The molecule has 2 heterocycles. The van der Waals surface area contributed by atoms with Crippen LogP contribution in [0.2, 0.25) is 0 Å². The predicted octanol–water partition coefficient (Wildman–Crippen LogP) is 0.160. The van der Waals surface area contributed by atoms with Crippen LogP contribution < -0.4 is 16.0 Å². The number of hydrogen-bond acceptors (Lipinski definition) is 6. The third-order valence-corrected chi connectivity index (χ3v) is 3.99. The molecule has 0 radical (unpaired) electrons. The van der Waals surface area contributed by atoms with E-state index in [-0.39, 0.29) is 24.1 Å². The predicted molar refractivity (Wildman–Crippen MR) is 95.8 cm³/mol. The average Bonchev–Trinajstić information content (AvgIpc) is 2.63. The fraction of sp³-hybridized carbons (Fsp3) is 0.412. The lowest BCUT2D eigenvalue weighted by Crippen LogP contribution is -2.53. The Bertz CT molecular complexity index is 725. The monoisotopic (exact) mass is 359 g/mol. The fourth-order valence-corrected chi connectivity index (χ4v) is 2.73. The van der Waals surface area contributed by atoms with Gasteiger partial charge in [0.1, 0.15) is 6.04 Å². The van der Waals surface area contributed by atoms with Crippen LogP contribution in [0.15, 0.2) is 29.3 Å². The van der Waals surface area contributed by atoms with Crippen molar-refractivity contribution in [2.75, 3.05) is 36.9 Å². The molecule has 2 aliphatic heterocycles. The Labute approximate surface area is 150 Å². The van der Waals surface area contributed by atoms with Gasteiger partial charge in [0.2, 0.25) is 23.7 Å². The van der Waals surface area contributed by atoms with E-state index in [0.717, 1.165) is 0 Å². The Morgan fingerprint density at radius 3 is 2.38 bits per heavy atom. The Morgan fingerprint density at radius 2 is 1.77 bits per heavy atom. The van der Waals surface area contributed by atoms with E-state index in [0.29, 0.717) is 43.6 Å². The zero-order valence-electron chi connectivity index (χ0n) is 14.4. The molecule has 26 heavy (non-hydrogen) atoms. The van der Waals surface area contributed by atoms with Crippen molar-refractivity contribution < 1.29 is 19.1 Å². The number of nitrogens with zero attached hydrogens (tertiary/aromatic N) is 2. The van der Waals surface area contributed by atoms with Crippen molar-refractivity contribution in [3.05, 3.63) is 24.3 Å². The molecule has 9 nitrogen and oxygen atoms in total. The highest BCUT2D eigenvalue weighted by Gasteiger charge is 2.29. The second kappa shape index (κ2) is 7.96. The number of nitrogens with one attached hydrogen (secondary N) is 3. The van der Waals surface area contributed by atoms with Gasteiger partial charge < -0.3 is 20.3 Å². The van der Waals surface area contributed by atoms with Crippen LogP contribution in [0.3, 0.4) is 0 Å². The van der Waals surface area contributed by atoms with Gasteiger partial charge in [-0.2, -0.15) is 0 Å². The van der Waals surface area contributed by atoms with Crippen LogP contribution in [0.1, 0.15) is 13.3 Å². The van der Waals surface area contributed by atoms with Crippen molar-refractivity contribution >= 4 is 35.1 Å². The quantitative estimate of drug-likeness (QED) is 0.712. The molecule has 2 aliphatic rings. The molecular formula is C17H21N5O4. The first-order chi connectivity index (χ1) is 12.5. The number of guanidine groups is 1. The molecule has 138 valence electrons. The van der Waals surface area contributed by atoms with Gasteiger partial charge in [-0.3, -0.25) is 19.7 Å². The molecule has 3 N–H and O–H groups in total. The number of benzene rings is 1. The molecule has 0 bridgehead atoms. The minimum absolute atomic E-state index is 0.00362. The van der Waals surface area contributed by atoms with Crippen LogP contribution >= 0.6 is 0 Å². The van der Waals surface area contributed by atoms with E-state index in [1.54, 1.807) is 24.3 Å². The summed E-state index contributed by atoms with van der Waals surface area (Å²) >= 11 is 0. The van der Waals surface area contributed by atoms with Gasteiger partial charge in [0.15, 0.2) is 0 Å². The summed E-state index contributed by atoms with van der Waals surface area (Å²) in [6.45, 7) is 3.79. The lowest BCUT2D eigenvalue weighted by Gasteiger charge is -2.32. The van der Waals surface area contributed by atoms with Crippen LogP contribution in [0.5, 0.6) is 0 Å². The van der Waals surface area contributed by atoms with Gasteiger partial charge in [-0.15, -0.1) is 0 Å². The summed E-state index contributed by atoms with van der Waals surface area (Å²) in [5, 5.41) is 8.13. The summed E-state index contributed by atoms with van der Waals surface area (Å²) < 4.78 is 5.29. The minimum atomic E-state index is -0.781. The maximum atomic E-state index is 12.5. The van der Waals surface area contributed by atoms with Gasteiger partial charge in [-0.05, 0) is 24.3 Å². The third-order valence-electron chi connectivity index (χ3n) is 3.99. The van der Waals surface area contributed by atoms with Crippen molar-refractivity contribution in [1.82, 2.24) is 10.2 Å². The van der Waals surface area contributed by atoms with Gasteiger partial charge in [0.05, 0.1) is 19.6 Å². The number of aliphatic imine (C=N–C) groups is 1. The SMILES string of the molecule is CC(=O)Nc1ccc(NC(=O)[C@@H]2CC(=O)NC(N3CCOCC3)=N2)cc1. The first kappa shape index (κ1) is 17.9. The Hall–Kier alpha value is -2.94. The lowest BCUT2D eigenvalue weighted by molar-refractivity contribution is -0.125. The van der Waals surface area contributed by atoms with E-state index in [9.17, 15) is 14.4 Å². The summed E-state index contributed by atoms with van der Waals surface area (Å²) in [6, 6.07) is 5.95. The summed E-state index contributed by atoms with van der Waals surface area (Å²) in [6.07, 6.45) is 0.00362. The van der Waals surface area contributed by atoms with Crippen LogP contribution in [0, 0.1) is 0 Å². The molecule has 9 heteroatoms. The molecule has 0 saturated carbocycles. The fourth-order valence-electron chi connectivity index (χ4n) is 2.73. The van der Waals surface area contributed by atoms with Crippen LogP contribution in [0.4, 0.5) is 11.4 Å². The lowest BCUT2D eigenvalue weighted by atomic mass is 10.1. The Morgan fingerprint density at radius 1 is 1.15 bits per heavy atom. The van der Waals surface area contributed by atoms with Crippen LogP contribution in [-0.4, -0.2) is 60.9 Å². The molecule has 1 aromatic carbocycles. The number of hydrogen-bond donors (Lipinski definition) is 3. The highest BCUT2D eigenvalue weighted by Crippen LogP contribution is 2.16. The van der Waals surface area contributed by atoms with Gasteiger partial charge in [0.25, 0.3) is 0 Å². The zero-order chi connectivity index (χ0) is 18.5. The van der Waals surface area contributed by atoms with Crippen LogP contribution in [-0.2, 0) is 19.1 Å². The first-order valence-corrected chi connectivity index (χ1v) is 8.40. The minimum Gasteiger partial charge on any atom is -0.378 e. The van der Waals surface area contributed by atoms with Crippen LogP contribution in [0.25, 0.3) is 0 Å². The maximum absolute atomic E-state index is 12.5. The largest absolute Gasteiger partial charge is 0.378 e. The van der Waals surface area contributed by atoms with Gasteiger partial charge >= 0.3 is 0 Å². The van der Waals surface area contributed by atoms with Crippen molar-refractivity contribution in [2.24, 2.45) is 4.99 Å². The molecular weight excluding hydrogens is 338 g/mol. The maximum Gasteiger partial charge on any atom is 0.249 e. The Balaban J connectivity index is 1.66. The highest BCUT2D eigenvalue weighted by molar-refractivity contribution is 6.06. The number of carbonyl (C=O) groups excluding carboxylic acids is 3. The number of amides is 3. The van der Waals surface area contributed by atoms with Crippen molar-refractivity contribution in [3.8, 4) is 0 Å². The molecule has 0 unspecified atom stereocenters. The number of ether oxygens (including phenoxy) is 1. The zero-order valence-corrected chi connectivity index (χ0v) is 14.4. The van der Waals surface area contributed by atoms with E-state index in [1.165, 1.54) is 6.92 Å². The second-order valence-electron chi connectivity index (χ2n) is 6.07. The standard InChI is InChI=1S/C17H21N5O4/c1-11(23)18-12-2-4-13(5-3-12)19-16(25)14-10-15(24)21-17(20-14)22-6-8-26-9-7-22/h2-5,14H,6-10H2,1H3,(H,18,23)(H,19,25)(H,20,21,24)/t14-/m0/s1. The van der Waals surface area contributed by atoms with Gasteiger partial charge in [-0.1, -0.05) is 0 Å².